The maximum atomic E-state index is 6.30. The number of nitrogens with two attached hydrogens (primary N) is 1. The second kappa shape index (κ2) is 6.50. The lowest BCUT2D eigenvalue weighted by atomic mass is 9.99. The Labute approximate surface area is 133 Å². The third-order valence-electron chi connectivity index (χ3n) is 3.55. The first-order valence-electron chi connectivity index (χ1n) is 7.12. The molecule has 0 bridgehead atoms. The van der Waals surface area contributed by atoms with E-state index in [4.69, 9.17) is 15.2 Å². The van der Waals surface area contributed by atoms with Crippen LogP contribution >= 0.6 is 15.9 Å². The van der Waals surface area contributed by atoms with Gasteiger partial charge in [0.25, 0.3) is 0 Å². The predicted octanol–water partition coefficient (Wildman–Crippen LogP) is 3.85. The van der Waals surface area contributed by atoms with Crippen molar-refractivity contribution < 1.29 is 9.47 Å². The van der Waals surface area contributed by atoms with Crippen molar-refractivity contribution in [3.05, 3.63) is 58.1 Å². The summed E-state index contributed by atoms with van der Waals surface area (Å²) in [6.45, 7) is 1.38. The van der Waals surface area contributed by atoms with Gasteiger partial charge in [-0.1, -0.05) is 30.3 Å². The van der Waals surface area contributed by atoms with Gasteiger partial charge in [0.15, 0.2) is 11.5 Å². The Morgan fingerprint density at radius 3 is 2.67 bits per heavy atom. The zero-order valence-electron chi connectivity index (χ0n) is 11.7. The summed E-state index contributed by atoms with van der Waals surface area (Å²) in [5.41, 5.74) is 8.58. The summed E-state index contributed by atoms with van der Waals surface area (Å²) in [5, 5.41) is 0. The van der Waals surface area contributed by atoms with Crippen molar-refractivity contribution in [2.45, 2.75) is 18.9 Å². The van der Waals surface area contributed by atoms with Gasteiger partial charge in [0, 0.05) is 12.5 Å². The van der Waals surface area contributed by atoms with Crippen LogP contribution in [0.1, 0.15) is 23.6 Å². The minimum Gasteiger partial charge on any atom is -0.490 e. The molecule has 110 valence electrons. The van der Waals surface area contributed by atoms with Gasteiger partial charge in [0.05, 0.1) is 17.7 Å². The van der Waals surface area contributed by atoms with E-state index in [-0.39, 0.29) is 6.04 Å². The molecule has 1 atom stereocenters. The zero-order valence-corrected chi connectivity index (χ0v) is 13.3. The van der Waals surface area contributed by atoms with Crippen LogP contribution in [0.2, 0.25) is 0 Å². The van der Waals surface area contributed by atoms with Gasteiger partial charge >= 0.3 is 0 Å². The number of hydrogen-bond acceptors (Lipinski definition) is 3. The Balaban J connectivity index is 1.83. The minimum atomic E-state index is -0.0251. The highest BCUT2D eigenvalue weighted by atomic mass is 79.9. The third-order valence-corrected chi connectivity index (χ3v) is 4.13. The van der Waals surface area contributed by atoms with Crippen LogP contribution in [0.25, 0.3) is 0 Å². The Hall–Kier alpha value is -1.52. The lowest BCUT2D eigenvalue weighted by Gasteiger charge is -2.15. The number of rotatable bonds is 3. The molecule has 1 unspecified atom stereocenters. The van der Waals surface area contributed by atoms with Crippen LogP contribution in [0.5, 0.6) is 11.5 Å². The van der Waals surface area contributed by atoms with Gasteiger partial charge in [-0.2, -0.15) is 0 Å². The molecule has 0 spiro atoms. The normalized spacial score (nSPS) is 15.3. The maximum Gasteiger partial charge on any atom is 0.175 e. The molecule has 21 heavy (non-hydrogen) atoms. The average Bonchev–Trinajstić information content (AvgIpc) is 2.74. The molecule has 0 aliphatic carbocycles. The van der Waals surface area contributed by atoms with E-state index in [0.717, 1.165) is 39.9 Å². The van der Waals surface area contributed by atoms with E-state index in [1.54, 1.807) is 0 Å². The topological polar surface area (TPSA) is 44.5 Å². The van der Waals surface area contributed by atoms with Crippen LogP contribution in [0.4, 0.5) is 0 Å². The molecule has 1 heterocycles. The SMILES string of the molecule is NC(Cc1cc(Br)c2c(c1)OCCCO2)c1ccccc1. The average molecular weight is 348 g/mol. The van der Waals surface area contributed by atoms with E-state index in [1.807, 2.05) is 24.3 Å². The molecule has 0 aromatic heterocycles. The first kappa shape index (κ1) is 14.4. The summed E-state index contributed by atoms with van der Waals surface area (Å²) < 4.78 is 12.4. The second-order valence-electron chi connectivity index (χ2n) is 5.18. The Morgan fingerprint density at radius 2 is 1.86 bits per heavy atom. The summed E-state index contributed by atoms with van der Waals surface area (Å²) in [5.74, 6) is 1.60. The molecule has 2 N–H and O–H groups in total. The van der Waals surface area contributed by atoms with Crippen molar-refractivity contribution in [2.75, 3.05) is 13.2 Å². The monoisotopic (exact) mass is 347 g/mol. The number of halogens is 1. The molecule has 1 aliphatic rings. The highest BCUT2D eigenvalue weighted by Crippen LogP contribution is 2.38. The van der Waals surface area contributed by atoms with Gasteiger partial charge < -0.3 is 15.2 Å². The number of fused-ring (bicyclic) bond motifs is 1. The van der Waals surface area contributed by atoms with E-state index in [1.165, 1.54) is 0 Å². The van der Waals surface area contributed by atoms with Gasteiger partial charge in [-0.05, 0) is 45.6 Å². The van der Waals surface area contributed by atoms with Gasteiger partial charge in [-0.3, -0.25) is 0 Å². The highest BCUT2D eigenvalue weighted by molar-refractivity contribution is 9.10. The molecule has 0 saturated heterocycles. The molecule has 3 nitrogen and oxygen atoms in total. The van der Waals surface area contributed by atoms with Gasteiger partial charge in [-0.15, -0.1) is 0 Å². The molecule has 2 aromatic rings. The summed E-state index contributed by atoms with van der Waals surface area (Å²) in [4.78, 5) is 0. The van der Waals surface area contributed by atoms with E-state index in [9.17, 15) is 0 Å². The Kier molecular flexibility index (Phi) is 4.46. The summed E-state index contributed by atoms with van der Waals surface area (Å²) in [6, 6.07) is 14.2. The number of hydrogen-bond donors (Lipinski definition) is 1. The first-order chi connectivity index (χ1) is 10.2. The molecule has 1 aliphatic heterocycles. The fourth-order valence-corrected chi connectivity index (χ4v) is 3.08. The fraction of sp³-hybridized carbons (Fsp3) is 0.294. The second-order valence-corrected chi connectivity index (χ2v) is 6.03. The standard InChI is InChI=1S/C17H18BrNO2/c18-14-9-12(10-15(19)13-5-2-1-3-6-13)11-16-17(14)21-8-4-7-20-16/h1-3,5-6,9,11,15H,4,7-8,10,19H2. The third kappa shape index (κ3) is 3.39. The van der Waals surface area contributed by atoms with Crippen LogP contribution in [-0.2, 0) is 6.42 Å². The Morgan fingerprint density at radius 1 is 1.10 bits per heavy atom. The fourth-order valence-electron chi connectivity index (χ4n) is 2.47. The summed E-state index contributed by atoms with van der Waals surface area (Å²) in [6.07, 6.45) is 1.67. The smallest absolute Gasteiger partial charge is 0.175 e. The van der Waals surface area contributed by atoms with Crippen LogP contribution in [0.15, 0.2) is 46.9 Å². The summed E-state index contributed by atoms with van der Waals surface area (Å²) in [7, 11) is 0. The van der Waals surface area contributed by atoms with Crippen molar-refractivity contribution in [1.29, 1.82) is 0 Å². The van der Waals surface area contributed by atoms with Crippen molar-refractivity contribution >= 4 is 15.9 Å². The molecule has 0 fully saturated rings. The van der Waals surface area contributed by atoms with Gasteiger partial charge in [0.2, 0.25) is 0 Å². The summed E-state index contributed by atoms with van der Waals surface area (Å²) >= 11 is 3.57. The molecular formula is C17H18BrNO2. The molecule has 2 aromatic carbocycles. The lowest BCUT2D eigenvalue weighted by molar-refractivity contribution is 0.296. The van der Waals surface area contributed by atoms with Crippen LogP contribution in [0.3, 0.4) is 0 Å². The van der Waals surface area contributed by atoms with E-state index in [0.29, 0.717) is 13.2 Å². The highest BCUT2D eigenvalue weighted by Gasteiger charge is 2.16. The van der Waals surface area contributed by atoms with Crippen LogP contribution in [-0.4, -0.2) is 13.2 Å². The Bertz CT molecular complexity index is 616. The van der Waals surface area contributed by atoms with Crippen molar-refractivity contribution in [2.24, 2.45) is 5.73 Å². The van der Waals surface area contributed by atoms with Crippen LogP contribution in [0, 0.1) is 0 Å². The van der Waals surface area contributed by atoms with Crippen molar-refractivity contribution in [3.63, 3.8) is 0 Å². The van der Waals surface area contributed by atoms with Crippen LogP contribution < -0.4 is 15.2 Å². The molecule has 0 saturated carbocycles. The van der Waals surface area contributed by atoms with E-state index < -0.39 is 0 Å². The minimum absolute atomic E-state index is 0.0251. The largest absolute Gasteiger partial charge is 0.490 e. The van der Waals surface area contributed by atoms with Gasteiger partial charge in [0.1, 0.15) is 0 Å². The molecule has 0 radical (unpaired) electrons. The molecular weight excluding hydrogens is 330 g/mol. The van der Waals surface area contributed by atoms with E-state index >= 15 is 0 Å². The molecule has 3 rings (SSSR count). The van der Waals surface area contributed by atoms with E-state index in [2.05, 4.69) is 34.1 Å². The van der Waals surface area contributed by atoms with Crippen molar-refractivity contribution in [3.8, 4) is 11.5 Å². The maximum absolute atomic E-state index is 6.30. The first-order valence-corrected chi connectivity index (χ1v) is 7.92. The number of ether oxygens (including phenoxy) is 2. The molecule has 0 amide bonds. The zero-order chi connectivity index (χ0) is 14.7. The lowest BCUT2D eigenvalue weighted by Crippen LogP contribution is -2.13. The quantitative estimate of drug-likeness (QED) is 0.916. The predicted molar refractivity (Wildman–Crippen MR) is 86.8 cm³/mol. The molecule has 4 heteroatoms. The number of benzene rings is 2. The van der Waals surface area contributed by atoms with Crippen molar-refractivity contribution in [1.82, 2.24) is 0 Å². The van der Waals surface area contributed by atoms with Gasteiger partial charge in [-0.25, -0.2) is 0 Å².